The number of nitriles is 1. The molecule has 1 saturated heterocycles. The smallest absolute Gasteiger partial charge is 0.0683 e. The van der Waals surface area contributed by atoms with Crippen molar-refractivity contribution in [1.82, 2.24) is 4.90 Å². The van der Waals surface area contributed by atoms with Crippen LogP contribution in [-0.4, -0.2) is 24.0 Å². The summed E-state index contributed by atoms with van der Waals surface area (Å²) in [6.07, 6.45) is 8.99. The molecule has 98 valence electrons. The summed E-state index contributed by atoms with van der Waals surface area (Å²) in [4.78, 5) is 2.67. The maximum Gasteiger partial charge on any atom is 0.0683 e. The minimum atomic E-state index is -0.143. The SMILES string of the molecule is CCCC1CCCCN1CCCC(C)(C)C#N. The third-order valence-electron chi connectivity index (χ3n) is 3.92. The molecule has 1 heterocycles. The van der Waals surface area contributed by atoms with E-state index in [2.05, 4.69) is 17.9 Å². The predicted molar refractivity (Wildman–Crippen MR) is 72.7 cm³/mol. The van der Waals surface area contributed by atoms with Crippen LogP contribution < -0.4 is 0 Å². The highest BCUT2D eigenvalue weighted by Gasteiger charge is 2.22. The van der Waals surface area contributed by atoms with E-state index in [-0.39, 0.29) is 5.41 Å². The minimum absolute atomic E-state index is 0.143. The van der Waals surface area contributed by atoms with Crippen LogP contribution in [0.5, 0.6) is 0 Å². The number of likely N-dealkylation sites (tertiary alicyclic amines) is 1. The van der Waals surface area contributed by atoms with E-state index in [0.29, 0.717) is 0 Å². The van der Waals surface area contributed by atoms with E-state index in [4.69, 9.17) is 5.26 Å². The van der Waals surface area contributed by atoms with Crippen LogP contribution in [0.2, 0.25) is 0 Å². The number of hydrogen-bond donors (Lipinski definition) is 0. The van der Waals surface area contributed by atoms with Gasteiger partial charge in [0.1, 0.15) is 0 Å². The number of hydrogen-bond acceptors (Lipinski definition) is 2. The van der Waals surface area contributed by atoms with Crippen LogP contribution in [0.15, 0.2) is 0 Å². The van der Waals surface area contributed by atoms with Crippen LogP contribution in [0.1, 0.15) is 65.7 Å². The molecule has 0 bridgehead atoms. The molecule has 1 atom stereocenters. The van der Waals surface area contributed by atoms with Gasteiger partial charge in [-0.05, 0) is 59.0 Å². The number of rotatable bonds is 6. The molecule has 0 amide bonds. The molecule has 1 rings (SSSR count). The molecular formula is C15H28N2. The molecule has 17 heavy (non-hydrogen) atoms. The second-order valence-corrected chi connectivity index (χ2v) is 6.07. The fourth-order valence-electron chi connectivity index (χ4n) is 2.79. The lowest BCUT2D eigenvalue weighted by Gasteiger charge is -2.36. The molecule has 1 fully saturated rings. The monoisotopic (exact) mass is 236 g/mol. The van der Waals surface area contributed by atoms with Crippen molar-refractivity contribution >= 4 is 0 Å². The zero-order valence-electron chi connectivity index (χ0n) is 11.8. The molecule has 0 saturated carbocycles. The Bertz CT molecular complexity index is 250. The minimum Gasteiger partial charge on any atom is -0.300 e. The first-order valence-corrected chi connectivity index (χ1v) is 7.24. The lowest BCUT2D eigenvalue weighted by Crippen LogP contribution is -2.40. The summed E-state index contributed by atoms with van der Waals surface area (Å²) in [7, 11) is 0. The Morgan fingerprint density at radius 3 is 2.76 bits per heavy atom. The average molecular weight is 236 g/mol. The third kappa shape index (κ3) is 5.08. The molecule has 1 unspecified atom stereocenters. The van der Waals surface area contributed by atoms with Gasteiger partial charge in [0, 0.05) is 6.04 Å². The lowest BCUT2D eigenvalue weighted by atomic mass is 9.89. The van der Waals surface area contributed by atoms with Gasteiger partial charge < -0.3 is 4.90 Å². The Kier molecular flexibility index (Phi) is 5.98. The number of nitrogens with zero attached hydrogens (tertiary/aromatic N) is 2. The normalized spacial score (nSPS) is 22.4. The van der Waals surface area contributed by atoms with E-state index >= 15 is 0 Å². The Hall–Kier alpha value is -0.550. The molecule has 0 aliphatic carbocycles. The topological polar surface area (TPSA) is 27.0 Å². The summed E-state index contributed by atoms with van der Waals surface area (Å²) in [6.45, 7) is 8.85. The van der Waals surface area contributed by atoms with Gasteiger partial charge >= 0.3 is 0 Å². The molecule has 0 aromatic rings. The highest BCUT2D eigenvalue weighted by atomic mass is 15.2. The van der Waals surface area contributed by atoms with Gasteiger partial charge in [0.05, 0.1) is 11.5 Å². The van der Waals surface area contributed by atoms with Crippen LogP contribution >= 0.6 is 0 Å². The van der Waals surface area contributed by atoms with Gasteiger partial charge in [0.25, 0.3) is 0 Å². The molecule has 1 aliphatic rings. The Labute approximate surface area is 107 Å². The predicted octanol–water partition coefficient (Wildman–Crippen LogP) is 3.97. The van der Waals surface area contributed by atoms with E-state index in [0.717, 1.165) is 12.5 Å². The fourth-order valence-corrected chi connectivity index (χ4v) is 2.79. The van der Waals surface area contributed by atoms with Crippen molar-refractivity contribution < 1.29 is 0 Å². The Morgan fingerprint density at radius 1 is 1.35 bits per heavy atom. The largest absolute Gasteiger partial charge is 0.300 e. The van der Waals surface area contributed by atoms with Gasteiger partial charge in [-0.1, -0.05) is 19.8 Å². The van der Waals surface area contributed by atoms with Crippen LogP contribution in [0.25, 0.3) is 0 Å². The third-order valence-corrected chi connectivity index (χ3v) is 3.92. The van der Waals surface area contributed by atoms with Gasteiger partial charge in [0.2, 0.25) is 0 Å². The quantitative estimate of drug-likeness (QED) is 0.697. The zero-order chi connectivity index (χ0) is 12.7. The van der Waals surface area contributed by atoms with Crippen LogP contribution in [-0.2, 0) is 0 Å². The van der Waals surface area contributed by atoms with Crippen LogP contribution in [0.3, 0.4) is 0 Å². The first kappa shape index (κ1) is 14.5. The van der Waals surface area contributed by atoms with Crippen LogP contribution in [0, 0.1) is 16.7 Å². The summed E-state index contributed by atoms with van der Waals surface area (Å²) < 4.78 is 0. The lowest BCUT2D eigenvalue weighted by molar-refractivity contribution is 0.133. The zero-order valence-corrected chi connectivity index (χ0v) is 11.8. The second-order valence-electron chi connectivity index (χ2n) is 6.07. The van der Waals surface area contributed by atoms with Gasteiger partial charge in [-0.15, -0.1) is 0 Å². The van der Waals surface area contributed by atoms with Crippen molar-refractivity contribution in [1.29, 1.82) is 5.26 Å². The van der Waals surface area contributed by atoms with Crippen LogP contribution in [0.4, 0.5) is 0 Å². The summed E-state index contributed by atoms with van der Waals surface area (Å²) in [5.74, 6) is 0. The van der Waals surface area contributed by atoms with Gasteiger partial charge in [0.15, 0.2) is 0 Å². The fraction of sp³-hybridized carbons (Fsp3) is 0.933. The van der Waals surface area contributed by atoms with Gasteiger partial charge in [-0.2, -0.15) is 5.26 Å². The highest BCUT2D eigenvalue weighted by molar-refractivity contribution is 4.91. The molecule has 2 nitrogen and oxygen atoms in total. The molecule has 1 aliphatic heterocycles. The molecular weight excluding hydrogens is 208 g/mol. The number of piperidine rings is 1. The maximum atomic E-state index is 9.00. The summed E-state index contributed by atoms with van der Waals surface area (Å²) in [5, 5.41) is 9.00. The molecule has 0 aromatic heterocycles. The van der Waals surface area contributed by atoms with Crippen molar-refractivity contribution in [3.63, 3.8) is 0 Å². The van der Waals surface area contributed by atoms with E-state index in [9.17, 15) is 0 Å². The van der Waals surface area contributed by atoms with E-state index in [1.54, 1.807) is 0 Å². The van der Waals surface area contributed by atoms with Crippen molar-refractivity contribution in [2.45, 2.75) is 71.8 Å². The van der Waals surface area contributed by atoms with E-state index in [1.165, 1.54) is 51.6 Å². The van der Waals surface area contributed by atoms with E-state index < -0.39 is 0 Å². The van der Waals surface area contributed by atoms with Crippen molar-refractivity contribution in [2.75, 3.05) is 13.1 Å². The molecule has 0 spiro atoms. The Morgan fingerprint density at radius 2 is 2.12 bits per heavy atom. The van der Waals surface area contributed by atoms with Gasteiger partial charge in [-0.25, -0.2) is 0 Å². The summed E-state index contributed by atoms with van der Waals surface area (Å²) in [6, 6.07) is 3.22. The molecule has 0 N–H and O–H groups in total. The maximum absolute atomic E-state index is 9.00. The van der Waals surface area contributed by atoms with Crippen molar-refractivity contribution in [3.05, 3.63) is 0 Å². The van der Waals surface area contributed by atoms with Crippen molar-refractivity contribution in [3.8, 4) is 6.07 Å². The molecule has 2 heteroatoms. The summed E-state index contributed by atoms with van der Waals surface area (Å²) in [5.41, 5.74) is -0.143. The van der Waals surface area contributed by atoms with E-state index in [1.807, 2.05) is 13.8 Å². The van der Waals surface area contributed by atoms with Crippen molar-refractivity contribution in [2.24, 2.45) is 5.41 Å². The first-order chi connectivity index (χ1) is 8.09. The Balaban J connectivity index is 2.31. The summed E-state index contributed by atoms with van der Waals surface area (Å²) >= 11 is 0. The second kappa shape index (κ2) is 7.01. The standard InChI is InChI=1S/C15H28N2/c1-4-8-14-9-5-6-11-17(14)12-7-10-15(2,3)13-16/h14H,4-12H2,1-3H3. The molecule has 0 radical (unpaired) electrons. The average Bonchev–Trinajstić information content (AvgIpc) is 2.31. The van der Waals surface area contributed by atoms with Gasteiger partial charge in [-0.3, -0.25) is 0 Å². The highest BCUT2D eigenvalue weighted by Crippen LogP contribution is 2.24. The first-order valence-electron chi connectivity index (χ1n) is 7.24. The molecule has 0 aromatic carbocycles.